The number of hydrogen-bond donors (Lipinski definition) is 1. The summed E-state index contributed by atoms with van der Waals surface area (Å²) in [5, 5.41) is 4.26. The maximum Gasteiger partial charge on any atom is 0.0637 e. The van der Waals surface area contributed by atoms with Crippen LogP contribution in [-0.4, -0.2) is 6.04 Å². The number of para-hydroxylation sites is 1. The number of anilines is 1. The van der Waals surface area contributed by atoms with Gasteiger partial charge in [0.15, 0.2) is 0 Å². The van der Waals surface area contributed by atoms with E-state index in [1.54, 1.807) is 0 Å². The summed E-state index contributed by atoms with van der Waals surface area (Å²) in [4.78, 5) is 0. The molecule has 0 amide bonds. The van der Waals surface area contributed by atoms with Crippen LogP contribution in [0.2, 0.25) is 5.02 Å². The molecule has 0 bridgehead atoms. The number of hydrogen-bond acceptors (Lipinski definition) is 1. The molecule has 1 saturated carbocycles. The first-order valence-electron chi connectivity index (χ1n) is 5.27. The Labute approximate surface area is 90.5 Å². The van der Waals surface area contributed by atoms with Crippen LogP contribution in [0.25, 0.3) is 0 Å². The van der Waals surface area contributed by atoms with Crippen LogP contribution in [0.4, 0.5) is 5.69 Å². The zero-order valence-electron chi connectivity index (χ0n) is 8.46. The standard InChI is InChI=1S/C12H16ClN/c1-9(8-10-6-7-10)14-12-5-3-2-4-11(12)13/h2-5,9-10,14H,6-8H2,1H3. The second kappa shape index (κ2) is 4.22. The van der Waals surface area contributed by atoms with Gasteiger partial charge in [0.05, 0.1) is 10.7 Å². The van der Waals surface area contributed by atoms with Crippen molar-refractivity contribution in [2.45, 2.75) is 32.2 Å². The first-order chi connectivity index (χ1) is 6.75. The van der Waals surface area contributed by atoms with Crippen molar-refractivity contribution in [1.82, 2.24) is 0 Å². The van der Waals surface area contributed by atoms with E-state index in [9.17, 15) is 0 Å². The number of halogens is 1. The Bertz CT molecular complexity index is 307. The highest BCUT2D eigenvalue weighted by Crippen LogP contribution is 2.34. The lowest BCUT2D eigenvalue weighted by atomic mass is 10.1. The van der Waals surface area contributed by atoms with Gasteiger partial charge >= 0.3 is 0 Å². The van der Waals surface area contributed by atoms with Gasteiger partial charge in [0, 0.05) is 6.04 Å². The Morgan fingerprint density at radius 3 is 2.79 bits per heavy atom. The zero-order valence-corrected chi connectivity index (χ0v) is 9.22. The summed E-state index contributed by atoms with van der Waals surface area (Å²) in [6.45, 7) is 2.22. The second-order valence-corrected chi connectivity index (χ2v) is 4.61. The van der Waals surface area contributed by atoms with E-state index in [4.69, 9.17) is 11.6 Å². The van der Waals surface area contributed by atoms with Crippen LogP contribution in [0.1, 0.15) is 26.2 Å². The molecule has 0 heterocycles. The highest BCUT2D eigenvalue weighted by Gasteiger charge is 2.23. The maximum atomic E-state index is 6.06. The second-order valence-electron chi connectivity index (χ2n) is 4.20. The number of nitrogens with one attached hydrogen (secondary N) is 1. The summed E-state index contributed by atoms with van der Waals surface area (Å²) in [6.07, 6.45) is 4.09. The Hall–Kier alpha value is -0.690. The van der Waals surface area contributed by atoms with E-state index in [0.29, 0.717) is 6.04 Å². The van der Waals surface area contributed by atoms with Crippen LogP contribution in [0.15, 0.2) is 24.3 Å². The molecule has 1 aliphatic carbocycles. The maximum absolute atomic E-state index is 6.06. The molecule has 1 aromatic rings. The molecule has 0 aromatic heterocycles. The van der Waals surface area contributed by atoms with Gasteiger partial charge in [0.25, 0.3) is 0 Å². The fourth-order valence-electron chi connectivity index (χ4n) is 1.76. The van der Waals surface area contributed by atoms with Gasteiger partial charge in [-0.1, -0.05) is 36.6 Å². The molecule has 76 valence electrons. The molecule has 0 aliphatic heterocycles. The summed E-state index contributed by atoms with van der Waals surface area (Å²) >= 11 is 6.06. The number of benzene rings is 1. The molecule has 0 spiro atoms. The van der Waals surface area contributed by atoms with Crippen LogP contribution in [0.5, 0.6) is 0 Å². The van der Waals surface area contributed by atoms with Gasteiger partial charge in [0.2, 0.25) is 0 Å². The molecule has 1 aromatic carbocycles. The van der Waals surface area contributed by atoms with Crippen molar-refractivity contribution in [3.63, 3.8) is 0 Å². The van der Waals surface area contributed by atoms with Crippen molar-refractivity contribution < 1.29 is 0 Å². The predicted molar refractivity (Wildman–Crippen MR) is 61.9 cm³/mol. The lowest BCUT2D eigenvalue weighted by Gasteiger charge is -2.15. The van der Waals surface area contributed by atoms with E-state index < -0.39 is 0 Å². The zero-order chi connectivity index (χ0) is 9.97. The molecular weight excluding hydrogens is 194 g/mol. The lowest BCUT2D eigenvalue weighted by Crippen LogP contribution is -2.15. The Morgan fingerprint density at radius 2 is 2.14 bits per heavy atom. The minimum absolute atomic E-state index is 0.530. The van der Waals surface area contributed by atoms with Gasteiger partial charge in [-0.05, 0) is 31.4 Å². The van der Waals surface area contributed by atoms with Crippen LogP contribution >= 0.6 is 11.6 Å². The van der Waals surface area contributed by atoms with Gasteiger partial charge < -0.3 is 5.32 Å². The molecule has 14 heavy (non-hydrogen) atoms. The Morgan fingerprint density at radius 1 is 1.43 bits per heavy atom. The number of rotatable bonds is 4. The van der Waals surface area contributed by atoms with Crippen LogP contribution in [-0.2, 0) is 0 Å². The summed E-state index contributed by atoms with van der Waals surface area (Å²) in [6, 6.07) is 8.46. The Balaban J connectivity index is 1.91. The highest BCUT2D eigenvalue weighted by atomic mass is 35.5. The van der Waals surface area contributed by atoms with Gasteiger partial charge in [-0.15, -0.1) is 0 Å². The molecule has 0 radical (unpaired) electrons. The normalized spacial score (nSPS) is 17.9. The predicted octanol–water partition coefficient (Wildman–Crippen LogP) is 3.94. The quantitative estimate of drug-likeness (QED) is 0.792. The molecule has 2 rings (SSSR count). The molecule has 1 aliphatic rings. The minimum Gasteiger partial charge on any atom is -0.381 e. The van der Waals surface area contributed by atoms with E-state index in [1.165, 1.54) is 19.3 Å². The van der Waals surface area contributed by atoms with E-state index in [2.05, 4.69) is 12.2 Å². The fourth-order valence-corrected chi connectivity index (χ4v) is 1.95. The van der Waals surface area contributed by atoms with E-state index >= 15 is 0 Å². The Kier molecular flexibility index (Phi) is 2.97. The van der Waals surface area contributed by atoms with Gasteiger partial charge in [-0.25, -0.2) is 0 Å². The molecular formula is C12H16ClN. The van der Waals surface area contributed by atoms with E-state index in [0.717, 1.165) is 16.6 Å². The fraction of sp³-hybridized carbons (Fsp3) is 0.500. The summed E-state index contributed by atoms with van der Waals surface area (Å²) in [5.74, 6) is 0.958. The summed E-state index contributed by atoms with van der Waals surface area (Å²) < 4.78 is 0. The SMILES string of the molecule is CC(CC1CC1)Nc1ccccc1Cl. The first kappa shape index (κ1) is 9.85. The monoisotopic (exact) mass is 209 g/mol. The van der Waals surface area contributed by atoms with Crippen molar-refractivity contribution in [2.75, 3.05) is 5.32 Å². The average Bonchev–Trinajstić information content (AvgIpc) is 2.93. The third kappa shape index (κ3) is 2.65. The molecule has 1 atom stereocenters. The van der Waals surface area contributed by atoms with Gasteiger partial charge in [-0.3, -0.25) is 0 Å². The largest absolute Gasteiger partial charge is 0.381 e. The lowest BCUT2D eigenvalue weighted by molar-refractivity contribution is 0.642. The summed E-state index contributed by atoms with van der Waals surface area (Å²) in [5.41, 5.74) is 1.06. The minimum atomic E-state index is 0.530. The molecule has 1 nitrogen and oxygen atoms in total. The van der Waals surface area contributed by atoms with E-state index in [1.807, 2.05) is 24.3 Å². The molecule has 1 fully saturated rings. The molecule has 1 unspecified atom stereocenters. The topological polar surface area (TPSA) is 12.0 Å². The highest BCUT2D eigenvalue weighted by molar-refractivity contribution is 6.33. The van der Waals surface area contributed by atoms with Crippen molar-refractivity contribution >= 4 is 17.3 Å². The molecule has 0 saturated heterocycles. The van der Waals surface area contributed by atoms with E-state index in [-0.39, 0.29) is 0 Å². The molecule has 2 heteroatoms. The average molecular weight is 210 g/mol. The summed E-state index contributed by atoms with van der Waals surface area (Å²) in [7, 11) is 0. The smallest absolute Gasteiger partial charge is 0.0637 e. The van der Waals surface area contributed by atoms with Crippen molar-refractivity contribution in [1.29, 1.82) is 0 Å². The third-order valence-electron chi connectivity index (χ3n) is 2.66. The van der Waals surface area contributed by atoms with Gasteiger partial charge in [-0.2, -0.15) is 0 Å². The van der Waals surface area contributed by atoms with Crippen LogP contribution in [0, 0.1) is 5.92 Å². The third-order valence-corrected chi connectivity index (χ3v) is 2.99. The van der Waals surface area contributed by atoms with Crippen LogP contribution < -0.4 is 5.32 Å². The first-order valence-corrected chi connectivity index (χ1v) is 5.64. The van der Waals surface area contributed by atoms with Crippen molar-refractivity contribution in [3.8, 4) is 0 Å². The van der Waals surface area contributed by atoms with Crippen LogP contribution in [0.3, 0.4) is 0 Å². The molecule has 1 N–H and O–H groups in total. The van der Waals surface area contributed by atoms with Crippen molar-refractivity contribution in [3.05, 3.63) is 29.3 Å². The van der Waals surface area contributed by atoms with Gasteiger partial charge in [0.1, 0.15) is 0 Å². The van der Waals surface area contributed by atoms with Crippen molar-refractivity contribution in [2.24, 2.45) is 5.92 Å².